The average Bonchev–Trinajstić information content (AvgIpc) is 1.67. The van der Waals surface area contributed by atoms with Gasteiger partial charge in [0.2, 0.25) is 0 Å². The van der Waals surface area contributed by atoms with Gasteiger partial charge in [-0.3, -0.25) is 3.53 Å². The zero-order valence-electron chi connectivity index (χ0n) is 5.49. The topological polar surface area (TPSA) is 21.3 Å². The molecule has 0 spiro atoms. The fourth-order valence-corrected chi connectivity index (χ4v) is 1.15. The van der Waals surface area contributed by atoms with Crippen LogP contribution in [0.5, 0.6) is 0 Å². The second-order valence-corrected chi connectivity index (χ2v) is 3.04. The van der Waals surface area contributed by atoms with Crippen molar-refractivity contribution in [3.05, 3.63) is 0 Å². The third-order valence-electron chi connectivity index (χ3n) is 1.05. The van der Waals surface area contributed by atoms with E-state index in [0.717, 1.165) is 6.54 Å². The summed E-state index contributed by atoms with van der Waals surface area (Å²) in [6.45, 7) is 4.96. The highest BCUT2D eigenvalue weighted by Gasteiger charge is 2.13. The summed E-state index contributed by atoms with van der Waals surface area (Å²) in [6, 6.07) is 0. The molecule has 0 unspecified atom stereocenters. The molecule has 0 atom stereocenters. The SMILES string of the molecule is COC(C)(C)CNI. The van der Waals surface area contributed by atoms with Crippen LogP contribution >= 0.6 is 22.9 Å². The molecule has 2 nitrogen and oxygen atoms in total. The van der Waals surface area contributed by atoms with Crippen LogP contribution in [0.25, 0.3) is 0 Å². The highest BCUT2D eigenvalue weighted by molar-refractivity contribution is 14.1. The summed E-state index contributed by atoms with van der Waals surface area (Å²) in [5, 5.41) is 0. The fraction of sp³-hybridized carbons (Fsp3) is 1.00. The van der Waals surface area contributed by atoms with Gasteiger partial charge in [-0.15, -0.1) is 0 Å². The normalized spacial score (nSPS) is 12.0. The molecule has 0 bridgehead atoms. The number of hydrogen-bond acceptors (Lipinski definition) is 2. The van der Waals surface area contributed by atoms with Crippen LogP contribution in [-0.2, 0) is 4.74 Å². The van der Waals surface area contributed by atoms with Crippen molar-refractivity contribution in [3.8, 4) is 0 Å². The van der Waals surface area contributed by atoms with Crippen molar-refractivity contribution in [2.24, 2.45) is 0 Å². The first kappa shape index (κ1) is 8.65. The van der Waals surface area contributed by atoms with Crippen molar-refractivity contribution in [2.75, 3.05) is 13.7 Å². The predicted molar refractivity (Wildman–Crippen MR) is 43.1 cm³/mol. The Labute approximate surface area is 64.5 Å². The summed E-state index contributed by atoms with van der Waals surface area (Å²) < 4.78 is 8.11. The van der Waals surface area contributed by atoms with Crippen LogP contribution in [0.15, 0.2) is 0 Å². The monoisotopic (exact) mass is 229 g/mol. The summed E-state index contributed by atoms with van der Waals surface area (Å²) in [4.78, 5) is 0. The molecule has 1 N–H and O–H groups in total. The van der Waals surface area contributed by atoms with E-state index in [-0.39, 0.29) is 5.60 Å². The van der Waals surface area contributed by atoms with Gasteiger partial charge in [-0.25, -0.2) is 0 Å². The molecule has 0 aliphatic carbocycles. The smallest absolute Gasteiger partial charge is 0.0754 e. The quantitative estimate of drug-likeness (QED) is 0.582. The molecular formula is C5H12INO. The van der Waals surface area contributed by atoms with Crippen LogP contribution in [0.3, 0.4) is 0 Å². The van der Waals surface area contributed by atoms with Crippen molar-refractivity contribution < 1.29 is 4.74 Å². The Morgan fingerprint density at radius 3 is 2.25 bits per heavy atom. The molecule has 50 valence electrons. The van der Waals surface area contributed by atoms with Crippen molar-refractivity contribution in [3.63, 3.8) is 0 Å². The Hall–Kier alpha value is 0.650. The van der Waals surface area contributed by atoms with E-state index in [0.29, 0.717) is 0 Å². The minimum atomic E-state index is -0.0266. The summed E-state index contributed by atoms with van der Waals surface area (Å²) >= 11 is 2.11. The van der Waals surface area contributed by atoms with Gasteiger partial charge in [-0.2, -0.15) is 0 Å². The Kier molecular flexibility index (Phi) is 3.93. The summed E-state index contributed by atoms with van der Waals surface area (Å²) in [5.41, 5.74) is -0.0266. The summed E-state index contributed by atoms with van der Waals surface area (Å²) in [6.07, 6.45) is 0. The van der Waals surface area contributed by atoms with Crippen LogP contribution < -0.4 is 3.53 Å². The fourth-order valence-electron chi connectivity index (χ4n) is 0.233. The molecule has 0 aromatic carbocycles. The lowest BCUT2D eigenvalue weighted by atomic mass is 10.1. The summed E-state index contributed by atoms with van der Waals surface area (Å²) in [5.74, 6) is 0. The van der Waals surface area contributed by atoms with Crippen LogP contribution in [0.1, 0.15) is 13.8 Å². The first-order chi connectivity index (χ1) is 3.62. The van der Waals surface area contributed by atoms with Crippen LogP contribution in [0.4, 0.5) is 0 Å². The molecule has 0 saturated carbocycles. The third-order valence-corrected chi connectivity index (χ3v) is 1.43. The van der Waals surface area contributed by atoms with Gasteiger partial charge in [-0.05, 0) is 13.8 Å². The average molecular weight is 229 g/mol. The van der Waals surface area contributed by atoms with E-state index in [1.165, 1.54) is 0 Å². The van der Waals surface area contributed by atoms with Gasteiger partial charge < -0.3 is 4.74 Å². The van der Waals surface area contributed by atoms with Gasteiger partial charge >= 0.3 is 0 Å². The minimum Gasteiger partial charge on any atom is -0.377 e. The second-order valence-electron chi connectivity index (χ2n) is 2.27. The van der Waals surface area contributed by atoms with Crippen molar-refractivity contribution >= 4 is 22.9 Å². The van der Waals surface area contributed by atoms with Gasteiger partial charge in [0.05, 0.1) is 5.60 Å². The Bertz CT molecular complexity index is 65.4. The highest BCUT2D eigenvalue weighted by Crippen LogP contribution is 2.04. The van der Waals surface area contributed by atoms with Gasteiger partial charge in [0, 0.05) is 36.5 Å². The van der Waals surface area contributed by atoms with Crippen LogP contribution in [0.2, 0.25) is 0 Å². The molecular weight excluding hydrogens is 217 g/mol. The molecule has 0 amide bonds. The van der Waals surface area contributed by atoms with E-state index < -0.39 is 0 Å². The van der Waals surface area contributed by atoms with E-state index in [1.54, 1.807) is 7.11 Å². The van der Waals surface area contributed by atoms with E-state index in [4.69, 9.17) is 4.74 Å². The number of hydrogen-bond donors (Lipinski definition) is 1. The first-order valence-corrected chi connectivity index (χ1v) is 3.59. The minimum absolute atomic E-state index is 0.0266. The standard InChI is InChI=1S/C5H12INO/c1-5(2,8-3)4-7-6/h7H,4H2,1-3H3. The largest absolute Gasteiger partial charge is 0.377 e. The molecule has 0 saturated heterocycles. The van der Waals surface area contributed by atoms with E-state index in [2.05, 4.69) is 26.4 Å². The van der Waals surface area contributed by atoms with E-state index in [1.807, 2.05) is 13.8 Å². The molecule has 0 aliphatic heterocycles. The predicted octanol–water partition coefficient (Wildman–Crippen LogP) is 1.35. The summed E-state index contributed by atoms with van der Waals surface area (Å²) in [7, 11) is 1.72. The van der Waals surface area contributed by atoms with E-state index in [9.17, 15) is 0 Å². The van der Waals surface area contributed by atoms with Crippen molar-refractivity contribution in [1.29, 1.82) is 0 Å². The maximum Gasteiger partial charge on any atom is 0.0754 e. The highest BCUT2D eigenvalue weighted by atomic mass is 127. The number of rotatable bonds is 3. The molecule has 0 aliphatic rings. The number of halogens is 1. The molecule has 0 aromatic rings. The zero-order chi connectivity index (χ0) is 6.62. The molecule has 0 fully saturated rings. The molecule has 0 radical (unpaired) electrons. The van der Waals surface area contributed by atoms with Gasteiger partial charge in [0.15, 0.2) is 0 Å². The number of methoxy groups -OCH3 is 1. The van der Waals surface area contributed by atoms with Crippen molar-refractivity contribution in [1.82, 2.24) is 3.53 Å². The lowest BCUT2D eigenvalue weighted by Crippen LogP contribution is -2.32. The lowest BCUT2D eigenvalue weighted by molar-refractivity contribution is 0.0290. The molecule has 0 aromatic heterocycles. The van der Waals surface area contributed by atoms with Gasteiger partial charge in [0.25, 0.3) is 0 Å². The number of nitrogens with one attached hydrogen (secondary N) is 1. The lowest BCUT2D eigenvalue weighted by Gasteiger charge is -2.20. The van der Waals surface area contributed by atoms with Crippen molar-refractivity contribution in [2.45, 2.75) is 19.4 Å². The zero-order valence-corrected chi connectivity index (χ0v) is 7.65. The van der Waals surface area contributed by atoms with Crippen LogP contribution in [-0.4, -0.2) is 19.3 Å². The molecule has 3 heteroatoms. The second kappa shape index (κ2) is 3.63. The molecule has 8 heavy (non-hydrogen) atoms. The maximum atomic E-state index is 5.11. The molecule has 0 rings (SSSR count). The molecule has 0 heterocycles. The number of ether oxygens (including phenoxy) is 1. The van der Waals surface area contributed by atoms with Gasteiger partial charge in [0.1, 0.15) is 0 Å². The Morgan fingerprint density at radius 2 is 2.12 bits per heavy atom. The van der Waals surface area contributed by atoms with Crippen LogP contribution in [0, 0.1) is 0 Å². The Balaban J connectivity index is 3.37. The third kappa shape index (κ3) is 3.63. The van der Waals surface area contributed by atoms with E-state index >= 15 is 0 Å². The van der Waals surface area contributed by atoms with Gasteiger partial charge in [-0.1, -0.05) is 0 Å². The first-order valence-electron chi connectivity index (χ1n) is 2.51. The maximum absolute atomic E-state index is 5.11. The Morgan fingerprint density at radius 1 is 1.62 bits per heavy atom.